The highest BCUT2D eigenvalue weighted by atomic mass is 16.5. The van der Waals surface area contributed by atoms with E-state index < -0.39 is 0 Å². The number of hydrogen-bond acceptors (Lipinski definition) is 3. The molecule has 82 valence electrons. The van der Waals surface area contributed by atoms with E-state index in [2.05, 4.69) is 4.98 Å². The lowest BCUT2D eigenvalue weighted by atomic mass is 9.87. The minimum absolute atomic E-state index is 0.225. The molecule has 0 aliphatic heterocycles. The van der Waals surface area contributed by atoms with Gasteiger partial charge in [0.1, 0.15) is 5.75 Å². The summed E-state index contributed by atoms with van der Waals surface area (Å²) in [7, 11) is 0. The van der Waals surface area contributed by atoms with Crippen molar-refractivity contribution in [1.82, 2.24) is 4.98 Å². The average Bonchev–Trinajstić information content (AvgIpc) is 2.77. The molecule has 2 rings (SSSR count). The maximum Gasteiger partial charge on any atom is 0.122 e. The first kappa shape index (κ1) is 10.4. The predicted molar refractivity (Wildman–Crippen MR) is 59.7 cm³/mol. The number of nitrogens with zero attached hydrogens (tertiary/aromatic N) is 1. The summed E-state index contributed by atoms with van der Waals surface area (Å²) >= 11 is 0. The number of rotatable bonds is 4. The molecule has 0 unspecified atom stereocenters. The van der Waals surface area contributed by atoms with Crippen LogP contribution >= 0.6 is 0 Å². The van der Waals surface area contributed by atoms with Crippen LogP contribution < -0.4 is 10.5 Å². The standard InChI is InChI=1S/C12H18N2O/c13-9-12(5-1-2-6-12)10-15-11-3-7-14-8-4-11/h3-4,7-8H,1-2,5-6,9-10,13H2. The van der Waals surface area contributed by atoms with E-state index in [-0.39, 0.29) is 5.41 Å². The van der Waals surface area contributed by atoms with Crippen LogP contribution in [0.5, 0.6) is 5.75 Å². The van der Waals surface area contributed by atoms with E-state index in [0.29, 0.717) is 0 Å². The van der Waals surface area contributed by atoms with Gasteiger partial charge in [0.05, 0.1) is 6.61 Å². The summed E-state index contributed by atoms with van der Waals surface area (Å²) in [4.78, 5) is 3.96. The highest BCUT2D eigenvalue weighted by Gasteiger charge is 2.33. The van der Waals surface area contributed by atoms with Crippen molar-refractivity contribution < 1.29 is 4.74 Å². The largest absolute Gasteiger partial charge is 0.493 e. The summed E-state index contributed by atoms with van der Waals surface area (Å²) in [6, 6.07) is 3.78. The van der Waals surface area contributed by atoms with Crippen LogP contribution in [0.3, 0.4) is 0 Å². The third kappa shape index (κ3) is 2.48. The van der Waals surface area contributed by atoms with Crippen molar-refractivity contribution in [2.24, 2.45) is 11.1 Å². The number of aromatic nitrogens is 1. The molecule has 0 saturated heterocycles. The molecule has 1 aromatic rings. The van der Waals surface area contributed by atoms with Gasteiger partial charge in [-0.25, -0.2) is 0 Å². The lowest BCUT2D eigenvalue weighted by Crippen LogP contribution is -2.33. The van der Waals surface area contributed by atoms with Crippen molar-refractivity contribution in [2.75, 3.05) is 13.2 Å². The molecular weight excluding hydrogens is 188 g/mol. The van der Waals surface area contributed by atoms with Gasteiger partial charge in [-0.2, -0.15) is 0 Å². The summed E-state index contributed by atoms with van der Waals surface area (Å²) in [6.07, 6.45) is 8.48. The van der Waals surface area contributed by atoms with Crippen LogP contribution in [-0.4, -0.2) is 18.1 Å². The SMILES string of the molecule is NCC1(COc2ccncc2)CCCC1. The zero-order chi connectivity index (χ0) is 10.6. The molecule has 0 atom stereocenters. The van der Waals surface area contributed by atoms with E-state index >= 15 is 0 Å². The fourth-order valence-corrected chi connectivity index (χ4v) is 2.20. The summed E-state index contributed by atoms with van der Waals surface area (Å²) in [5.74, 6) is 0.893. The van der Waals surface area contributed by atoms with E-state index in [4.69, 9.17) is 10.5 Å². The Morgan fingerprint density at radius 2 is 1.93 bits per heavy atom. The molecule has 2 N–H and O–H groups in total. The topological polar surface area (TPSA) is 48.1 Å². The fourth-order valence-electron chi connectivity index (χ4n) is 2.20. The number of ether oxygens (including phenoxy) is 1. The van der Waals surface area contributed by atoms with Crippen LogP contribution in [0.15, 0.2) is 24.5 Å². The van der Waals surface area contributed by atoms with Gasteiger partial charge in [0.25, 0.3) is 0 Å². The first-order valence-corrected chi connectivity index (χ1v) is 5.58. The number of nitrogens with two attached hydrogens (primary N) is 1. The molecule has 1 aliphatic rings. The molecule has 15 heavy (non-hydrogen) atoms. The second kappa shape index (κ2) is 4.62. The molecule has 0 bridgehead atoms. The van der Waals surface area contributed by atoms with Crippen LogP contribution in [0, 0.1) is 5.41 Å². The number of hydrogen-bond donors (Lipinski definition) is 1. The molecule has 1 aliphatic carbocycles. The Morgan fingerprint density at radius 1 is 1.27 bits per heavy atom. The van der Waals surface area contributed by atoms with Gasteiger partial charge in [-0.1, -0.05) is 12.8 Å². The first-order chi connectivity index (χ1) is 7.35. The van der Waals surface area contributed by atoms with Crippen molar-refractivity contribution in [1.29, 1.82) is 0 Å². The summed E-state index contributed by atoms with van der Waals surface area (Å²) < 4.78 is 5.76. The zero-order valence-electron chi connectivity index (χ0n) is 8.98. The minimum atomic E-state index is 0.225. The van der Waals surface area contributed by atoms with E-state index in [0.717, 1.165) is 18.9 Å². The van der Waals surface area contributed by atoms with E-state index in [1.54, 1.807) is 12.4 Å². The van der Waals surface area contributed by atoms with Crippen molar-refractivity contribution >= 4 is 0 Å². The first-order valence-electron chi connectivity index (χ1n) is 5.58. The highest BCUT2D eigenvalue weighted by Crippen LogP contribution is 2.37. The number of pyridine rings is 1. The Labute approximate surface area is 90.7 Å². The molecule has 1 fully saturated rings. The normalized spacial score (nSPS) is 19.0. The van der Waals surface area contributed by atoms with Crippen molar-refractivity contribution in [3.8, 4) is 5.75 Å². The molecule has 1 saturated carbocycles. The van der Waals surface area contributed by atoms with Gasteiger partial charge in [0.15, 0.2) is 0 Å². The fraction of sp³-hybridized carbons (Fsp3) is 0.583. The lowest BCUT2D eigenvalue weighted by molar-refractivity contribution is 0.157. The summed E-state index contributed by atoms with van der Waals surface area (Å²) in [5, 5.41) is 0. The van der Waals surface area contributed by atoms with Gasteiger partial charge in [-0.3, -0.25) is 4.98 Å². The lowest BCUT2D eigenvalue weighted by Gasteiger charge is -2.26. The van der Waals surface area contributed by atoms with Gasteiger partial charge in [-0.05, 0) is 25.0 Å². The predicted octanol–water partition coefficient (Wildman–Crippen LogP) is 1.98. The third-order valence-corrected chi connectivity index (χ3v) is 3.29. The smallest absolute Gasteiger partial charge is 0.122 e. The molecule has 3 heteroatoms. The minimum Gasteiger partial charge on any atom is -0.493 e. The Hall–Kier alpha value is -1.09. The quantitative estimate of drug-likeness (QED) is 0.819. The molecular formula is C12H18N2O. The van der Waals surface area contributed by atoms with Crippen LogP contribution in [0.1, 0.15) is 25.7 Å². The van der Waals surface area contributed by atoms with E-state index in [1.807, 2.05) is 12.1 Å². The summed E-state index contributed by atoms with van der Waals surface area (Å²) in [5.41, 5.74) is 6.07. The van der Waals surface area contributed by atoms with Crippen molar-refractivity contribution in [2.45, 2.75) is 25.7 Å². The Kier molecular flexibility index (Phi) is 3.21. The van der Waals surface area contributed by atoms with Gasteiger partial charge < -0.3 is 10.5 Å². The van der Waals surface area contributed by atoms with Crippen molar-refractivity contribution in [3.05, 3.63) is 24.5 Å². The van der Waals surface area contributed by atoms with E-state index in [9.17, 15) is 0 Å². The van der Waals surface area contributed by atoms with Gasteiger partial charge in [0.2, 0.25) is 0 Å². The zero-order valence-corrected chi connectivity index (χ0v) is 8.98. The van der Waals surface area contributed by atoms with Gasteiger partial charge in [-0.15, -0.1) is 0 Å². The molecule has 1 heterocycles. The van der Waals surface area contributed by atoms with Crippen LogP contribution in [-0.2, 0) is 0 Å². The Balaban J connectivity index is 1.92. The van der Waals surface area contributed by atoms with Gasteiger partial charge in [0, 0.05) is 24.4 Å². The molecule has 0 radical (unpaired) electrons. The molecule has 3 nitrogen and oxygen atoms in total. The van der Waals surface area contributed by atoms with E-state index in [1.165, 1.54) is 25.7 Å². The van der Waals surface area contributed by atoms with Crippen LogP contribution in [0.25, 0.3) is 0 Å². The highest BCUT2D eigenvalue weighted by molar-refractivity contribution is 5.17. The van der Waals surface area contributed by atoms with Crippen LogP contribution in [0.4, 0.5) is 0 Å². The second-order valence-corrected chi connectivity index (χ2v) is 4.38. The monoisotopic (exact) mass is 206 g/mol. The Bertz CT molecular complexity index is 294. The third-order valence-electron chi connectivity index (χ3n) is 3.29. The molecule has 0 aromatic carbocycles. The van der Waals surface area contributed by atoms with Crippen molar-refractivity contribution in [3.63, 3.8) is 0 Å². The second-order valence-electron chi connectivity index (χ2n) is 4.38. The maximum absolute atomic E-state index is 5.84. The molecule has 1 aromatic heterocycles. The summed E-state index contributed by atoms with van der Waals surface area (Å²) in [6.45, 7) is 1.48. The molecule has 0 amide bonds. The average molecular weight is 206 g/mol. The maximum atomic E-state index is 5.84. The molecule has 0 spiro atoms. The van der Waals surface area contributed by atoms with Gasteiger partial charge >= 0.3 is 0 Å². The Morgan fingerprint density at radius 3 is 2.53 bits per heavy atom. The van der Waals surface area contributed by atoms with Crippen LogP contribution in [0.2, 0.25) is 0 Å².